The molecule has 0 saturated heterocycles. The summed E-state index contributed by atoms with van der Waals surface area (Å²) in [7, 11) is 2.64. The van der Waals surface area contributed by atoms with E-state index in [0.717, 1.165) is 22.1 Å². The van der Waals surface area contributed by atoms with Crippen molar-refractivity contribution in [2.24, 2.45) is 5.92 Å². The molecule has 0 aliphatic carbocycles. The Balaban J connectivity index is -0.000000608. The van der Waals surface area contributed by atoms with Crippen molar-refractivity contribution in [1.82, 2.24) is 0 Å². The molecule has 0 bridgehead atoms. The second kappa shape index (κ2) is 24.9. The standard InChI is InChI=1S/C18H22NOP.C6H12.C3H8.C3H6.C2H6/c1-13(2)12-19(15-8-6-7-14(3)11-15)18(20)16-9-4-5-10-17(16)21;1-4-6(3)5-2;2*1-3-2;1-2/h4-11,13H,12,21H2,1-3H3;4H,5H2,1-3H3;3H2,1-2H3;3H,1H2,2H3;1-2H3/b;6-4+;;;. The van der Waals surface area contributed by atoms with Gasteiger partial charge in [-0.1, -0.05) is 103 Å². The van der Waals surface area contributed by atoms with Crippen LogP contribution in [0.3, 0.4) is 0 Å². The third-order valence-corrected chi connectivity index (χ3v) is 4.85. The van der Waals surface area contributed by atoms with Crippen molar-refractivity contribution in [3.63, 3.8) is 0 Å². The van der Waals surface area contributed by atoms with Gasteiger partial charge in [0.05, 0.1) is 0 Å². The van der Waals surface area contributed by atoms with E-state index in [-0.39, 0.29) is 5.91 Å². The van der Waals surface area contributed by atoms with Crippen LogP contribution in [0.5, 0.6) is 0 Å². The zero-order chi connectivity index (χ0) is 27.8. The molecule has 2 aromatic rings. The lowest BCUT2D eigenvalue weighted by atomic mass is 10.1. The molecule has 2 nitrogen and oxygen atoms in total. The molecule has 2 rings (SSSR count). The number of nitrogens with zero attached hydrogens (tertiary/aromatic N) is 1. The van der Waals surface area contributed by atoms with Gasteiger partial charge in [0.15, 0.2) is 0 Å². The molecule has 0 aromatic heterocycles. The first kappa shape index (κ1) is 37.4. The number of carbonyl (C=O) groups excluding carboxylic acids is 1. The molecular formula is C32H54NOP. The third-order valence-electron chi connectivity index (χ3n) is 4.35. The molecule has 0 aliphatic rings. The summed E-state index contributed by atoms with van der Waals surface area (Å²) >= 11 is 0. The smallest absolute Gasteiger partial charge is 0.258 e. The first-order valence-electron chi connectivity index (χ1n) is 13.0. The molecule has 0 spiro atoms. The van der Waals surface area contributed by atoms with Gasteiger partial charge in [-0.05, 0) is 69.1 Å². The predicted molar refractivity (Wildman–Crippen MR) is 166 cm³/mol. The normalized spacial score (nSPS) is 9.57. The van der Waals surface area contributed by atoms with Crippen LogP contribution in [0, 0.1) is 12.8 Å². The van der Waals surface area contributed by atoms with E-state index in [1.54, 1.807) is 6.08 Å². The topological polar surface area (TPSA) is 20.3 Å². The summed E-state index contributed by atoms with van der Waals surface area (Å²) < 4.78 is 0. The summed E-state index contributed by atoms with van der Waals surface area (Å²) in [6, 6.07) is 15.8. The maximum absolute atomic E-state index is 12.9. The highest BCUT2D eigenvalue weighted by molar-refractivity contribution is 7.27. The Kier molecular flexibility index (Phi) is 26.6. The predicted octanol–water partition coefficient (Wildman–Crippen LogP) is 9.80. The molecule has 1 unspecified atom stereocenters. The fraction of sp³-hybridized carbons (Fsp3) is 0.469. The number of aryl methyl sites for hydroxylation is 1. The van der Waals surface area contributed by atoms with Crippen LogP contribution in [-0.2, 0) is 0 Å². The van der Waals surface area contributed by atoms with Gasteiger partial charge >= 0.3 is 0 Å². The quantitative estimate of drug-likeness (QED) is 0.296. The van der Waals surface area contributed by atoms with Crippen molar-refractivity contribution in [3.8, 4) is 0 Å². The van der Waals surface area contributed by atoms with Crippen LogP contribution in [0.2, 0.25) is 0 Å². The molecule has 1 atom stereocenters. The van der Waals surface area contributed by atoms with Crippen LogP contribution >= 0.6 is 9.24 Å². The molecule has 2 aromatic carbocycles. The highest BCUT2D eigenvalue weighted by Gasteiger charge is 2.20. The number of allylic oxidation sites excluding steroid dienone is 3. The zero-order valence-electron chi connectivity index (χ0n) is 24.6. The van der Waals surface area contributed by atoms with E-state index in [9.17, 15) is 4.79 Å². The Morgan fingerprint density at radius 3 is 1.91 bits per heavy atom. The number of carbonyl (C=O) groups is 1. The van der Waals surface area contributed by atoms with Gasteiger partial charge in [0.1, 0.15) is 0 Å². The lowest BCUT2D eigenvalue weighted by molar-refractivity contribution is 0.0985. The molecule has 0 saturated carbocycles. The number of anilines is 1. The van der Waals surface area contributed by atoms with Crippen molar-refractivity contribution in [1.29, 1.82) is 0 Å². The summed E-state index contributed by atoms with van der Waals surface area (Å²) in [5.41, 5.74) is 4.33. The Hall–Kier alpha value is -2.18. The molecule has 0 radical (unpaired) electrons. The van der Waals surface area contributed by atoms with Gasteiger partial charge in [0.25, 0.3) is 5.91 Å². The number of amides is 1. The lowest BCUT2D eigenvalue weighted by Crippen LogP contribution is -2.36. The molecule has 0 fully saturated rings. The van der Waals surface area contributed by atoms with Crippen molar-refractivity contribution in [3.05, 3.63) is 84.0 Å². The molecular weight excluding hydrogens is 445 g/mol. The Morgan fingerprint density at radius 2 is 1.54 bits per heavy atom. The second-order valence-corrected chi connectivity index (χ2v) is 8.96. The van der Waals surface area contributed by atoms with Gasteiger partial charge in [-0.2, -0.15) is 0 Å². The van der Waals surface area contributed by atoms with E-state index in [1.165, 1.54) is 18.4 Å². The number of rotatable bonds is 5. The van der Waals surface area contributed by atoms with Gasteiger partial charge in [-0.25, -0.2) is 0 Å². The SMILES string of the molecule is C/C=C(\C)CC.C=CC.CC.CCC.Cc1cccc(N(CC(C)C)C(=O)c2ccccc2P)c1. The third kappa shape index (κ3) is 18.8. The van der Waals surface area contributed by atoms with Gasteiger partial charge in [0, 0.05) is 17.8 Å². The zero-order valence-corrected chi connectivity index (χ0v) is 25.8. The first-order chi connectivity index (χ1) is 16.6. The monoisotopic (exact) mass is 499 g/mol. The second-order valence-electron chi connectivity index (χ2n) is 8.34. The van der Waals surface area contributed by atoms with E-state index < -0.39 is 0 Å². The van der Waals surface area contributed by atoms with E-state index in [4.69, 9.17) is 0 Å². The first-order valence-corrected chi connectivity index (χ1v) is 13.6. The highest BCUT2D eigenvalue weighted by atomic mass is 31.0. The van der Waals surface area contributed by atoms with Gasteiger partial charge in [-0.15, -0.1) is 15.8 Å². The summed E-state index contributed by atoms with van der Waals surface area (Å²) in [6.45, 7) is 26.9. The van der Waals surface area contributed by atoms with Crippen LogP contribution in [0.25, 0.3) is 0 Å². The van der Waals surface area contributed by atoms with Gasteiger partial charge in [-0.3, -0.25) is 4.79 Å². The minimum absolute atomic E-state index is 0.0555. The minimum atomic E-state index is 0.0555. The maximum atomic E-state index is 12.9. The Morgan fingerprint density at radius 1 is 1.03 bits per heavy atom. The van der Waals surface area contributed by atoms with Crippen molar-refractivity contribution >= 4 is 26.1 Å². The number of hydrogen-bond donors (Lipinski definition) is 0. The summed E-state index contributed by atoms with van der Waals surface area (Å²) in [5, 5.41) is 0.934. The van der Waals surface area contributed by atoms with E-state index in [0.29, 0.717) is 12.5 Å². The average molecular weight is 500 g/mol. The highest BCUT2D eigenvalue weighted by Crippen LogP contribution is 2.20. The van der Waals surface area contributed by atoms with Crippen LogP contribution in [-0.4, -0.2) is 12.5 Å². The van der Waals surface area contributed by atoms with E-state index >= 15 is 0 Å². The largest absolute Gasteiger partial charge is 0.308 e. The van der Waals surface area contributed by atoms with E-state index in [2.05, 4.69) is 76.4 Å². The molecule has 198 valence electrons. The van der Waals surface area contributed by atoms with Crippen LogP contribution in [0.1, 0.15) is 98.0 Å². The van der Waals surface area contributed by atoms with Crippen molar-refractivity contribution in [2.45, 2.75) is 89.0 Å². The fourth-order valence-electron chi connectivity index (χ4n) is 2.51. The maximum Gasteiger partial charge on any atom is 0.258 e. The summed E-state index contributed by atoms with van der Waals surface area (Å²) in [4.78, 5) is 14.8. The summed E-state index contributed by atoms with van der Waals surface area (Å²) in [6.07, 6.45) is 6.33. The van der Waals surface area contributed by atoms with Crippen molar-refractivity contribution < 1.29 is 4.79 Å². The van der Waals surface area contributed by atoms with Crippen LogP contribution in [0.4, 0.5) is 5.69 Å². The molecule has 3 heteroatoms. The number of benzene rings is 2. The van der Waals surface area contributed by atoms with Gasteiger partial charge in [0.2, 0.25) is 0 Å². The molecule has 0 heterocycles. The molecule has 1 amide bonds. The molecule has 35 heavy (non-hydrogen) atoms. The Bertz CT molecular complexity index is 824. The van der Waals surface area contributed by atoms with Crippen LogP contribution < -0.4 is 10.2 Å². The molecule has 0 N–H and O–H groups in total. The summed E-state index contributed by atoms with van der Waals surface area (Å²) in [5.74, 6) is 0.464. The lowest BCUT2D eigenvalue weighted by Gasteiger charge is -2.26. The number of hydrogen-bond acceptors (Lipinski definition) is 1. The van der Waals surface area contributed by atoms with E-state index in [1.807, 2.05) is 75.1 Å². The van der Waals surface area contributed by atoms with Crippen molar-refractivity contribution in [2.75, 3.05) is 11.4 Å². The van der Waals surface area contributed by atoms with Crippen LogP contribution in [0.15, 0.2) is 72.8 Å². The fourth-order valence-corrected chi connectivity index (χ4v) is 2.84. The Labute approximate surface area is 221 Å². The van der Waals surface area contributed by atoms with Gasteiger partial charge < -0.3 is 4.90 Å². The minimum Gasteiger partial charge on any atom is -0.308 e. The molecule has 0 aliphatic heterocycles. The average Bonchev–Trinajstić information content (AvgIpc) is 2.84.